The largest absolute Gasteiger partial charge is 0.383 e. The lowest BCUT2D eigenvalue weighted by molar-refractivity contribution is 0.0538. The standard InChI is InChI=1S/C12H11ClFNOS/c1-12(16,6-10-9(13)4-5-17-10)11-3-2-8(14)7-15-11/h2-5,7,16H,6H2,1H3. The van der Waals surface area contributed by atoms with E-state index in [4.69, 9.17) is 11.6 Å². The van der Waals surface area contributed by atoms with Crippen molar-refractivity contribution < 1.29 is 9.50 Å². The predicted molar refractivity (Wildman–Crippen MR) is 66.8 cm³/mol. The van der Waals surface area contributed by atoms with E-state index in [2.05, 4.69) is 4.98 Å². The Morgan fingerprint density at radius 2 is 2.24 bits per heavy atom. The van der Waals surface area contributed by atoms with Gasteiger partial charge < -0.3 is 5.11 Å². The van der Waals surface area contributed by atoms with Gasteiger partial charge in [0.15, 0.2) is 0 Å². The first-order valence-electron chi connectivity index (χ1n) is 5.05. The molecule has 0 amide bonds. The fraction of sp³-hybridized carbons (Fsp3) is 0.250. The van der Waals surface area contributed by atoms with Crippen LogP contribution in [0.3, 0.4) is 0 Å². The average molecular weight is 272 g/mol. The number of pyridine rings is 1. The number of aliphatic hydroxyl groups is 1. The number of aromatic nitrogens is 1. The molecule has 2 heterocycles. The van der Waals surface area contributed by atoms with Crippen molar-refractivity contribution in [2.24, 2.45) is 0 Å². The Bertz CT molecular complexity index is 509. The molecule has 0 saturated heterocycles. The van der Waals surface area contributed by atoms with Crippen LogP contribution in [0.4, 0.5) is 4.39 Å². The van der Waals surface area contributed by atoms with Crippen molar-refractivity contribution >= 4 is 22.9 Å². The third kappa shape index (κ3) is 2.83. The van der Waals surface area contributed by atoms with Crippen molar-refractivity contribution in [1.29, 1.82) is 0 Å². The zero-order valence-electron chi connectivity index (χ0n) is 9.15. The van der Waals surface area contributed by atoms with E-state index in [1.165, 1.54) is 23.5 Å². The van der Waals surface area contributed by atoms with E-state index >= 15 is 0 Å². The normalized spacial score (nSPS) is 14.6. The summed E-state index contributed by atoms with van der Waals surface area (Å²) in [6.07, 6.45) is 1.46. The van der Waals surface area contributed by atoms with Crippen molar-refractivity contribution in [3.8, 4) is 0 Å². The monoisotopic (exact) mass is 271 g/mol. The molecule has 0 aromatic carbocycles. The van der Waals surface area contributed by atoms with E-state index in [0.29, 0.717) is 17.1 Å². The third-order valence-corrected chi connectivity index (χ3v) is 3.86. The van der Waals surface area contributed by atoms with Gasteiger partial charge in [0, 0.05) is 11.3 Å². The van der Waals surface area contributed by atoms with Crippen LogP contribution in [-0.2, 0) is 12.0 Å². The fourth-order valence-electron chi connectivity index (χ4n) is 1.55. The molecule has 2 aromatic heterocycles. The summed E-state index contributed by atoms with van der Waals surface area (Å²) in [5.41, 5.74) is -0.717. The zero-order valence-corrected chi connectivity index (χ0v) is 10.7. The molecular weight excluding hydrogens is 261 g/mol. The van der Waals surface area contributed by atoms with Crippen molar-refractivity contribution in [2.45, 2.75) is 18.9 Å². The summed E-state index contributed by atoms with van der Waals surface area (Å²) in [6.45, 7) is 1.64. The molecule has 2 nitrogen and oxygen atoms in total. The van der Waals surface area contributed by atoms with Crippen LogP contribution in [0, 0.1) is 5.82 Å². The topological polar surface area (TPSA) is 33.1 Å². The van der Waals surface area contributed by atoms with Gasteiger partial charge in [0.25, 0.3) is 0 Å². The highest BCUT2D eigenvalue weighted by atomic mass is 35.5. The molecule has 17 heavy (non-hydrogen) atoms. The number of hydrogen-bond donors (Lipinski definition) is 1. The van der Waals surface area contributed by atoms with Crippen LogP contribution in [0.2, 0.25) is 5.02 Å². The lowest BCUT2D eigenvalue weighted by Crippen LogP contribution is -2.25. The van der Waals surface area contributed by atoms with Gasteiger partial charge in [0.05, 0.1) is 16.9 Å². The molecule has 90 valence electrons. The van der Waals surface area contributed by atoms with Crippen LogP contribution in [0.15, 0.2) is 29.8 Å². The molecule has 1 unspecified atom stereocenters. The van der Waals surface area contributed by atoms with E-state index in [0.717, 1.165) is 11.1 Å². The first-order valence-corrected chi connectivity index (χ1v) is 6.31. The summed E-state index contributed by atoms with van der Waals surface area (Å²) in [5, 5.41) is 12.8. The van der Waals surface area contributed by atoms with Gasteiger partial charge in [-0.1, -0.05) is 11.6 Å². The molecule has 0 saturated carbocycles. The van der Waals surface area contributed by atoms with Crippen molar-refractivity contribution in [3.05, 3.63) is 51.2 Å². The number of halogens is 2. The molecule has 1 N–H and O–H groups in total. The summed E-state index contributed by atoms with van der Waals surface area (Å²) in [6, 6.07) is 4.55. The van der Waals surface area contributed by atoms with Crippen molar-refractivity contribution in [3.63, 3.8) is 0 Å². The van der Waals surface area contributed by atoms with Gasteiger partial charge in [0.1, 0.15) is 11.4 Å². The molecular formula is C12H11ClFNOS. The minimum Gasteiger partial charge on any atom is -0.383 e. The fourth-order valence-corrected chi connectivity index (χ4v) is 2.80. The van der Waals surface area contributed by atoms with Gasteiger partial charge in [-0.2, -0.15) is 0 Å². The average Bonchev–Trinajstić information content (AvgIpc) is 2.64. The van der Waals surface area contributed by atoms with E-state index < -0.39 is 11.4 Å². The van der Waals surface area contributed by atoms with E-state index in [9.17, 15) is 9.50 Å². The summed E-state index contributed by atoms with van der Waals surface area (Å²) in [7, 11) is 0. The molecule has 2 aromatic rings. The quantitative estimate of drug-likeness (QED) is 0.928. The number of rotatable bonds is 3. The Morgan fingerprint density at radius 3 is 2.76 bits per heavy atom. The van der Waals surface area contributed by atoms with Crippen LogP contribution in [0.25, 0.3) is 0 Å². The van der Waals surface area contributed by atoms with Crippen LogP contribution < -0.4 is 0 Å². The number of thiophene rings is 1. The highest BCUT2D eigenvalue weighted by Crippen LogP contribution is 2.30. The highest BCUT2D eigenvalue weighted by molar-refractivity contribution is 7.10. The van der Waals surface area contributed by atoms with Gasteiger partial charge in [-0.3, -0.25) is 4.98 Å². The predicted octanol–water partition coefficient (Wildman–Crippen LogP) is 3.39. The van der Waals surface area contributed by atoms with Crippen LogP contribution in [0.5, 0.6) is 0 Å². The summed E-state index contributed by atoms with van der Waals surface area (Å²) < 4.78 is 12.8. The maximum Gasteiger partial charge on any atom is 0.141 e. The minimum absolute atomic E-state index is 0.363. The maximum absolute atomic E-state index is 12.8. The van der Waals surface area contributed by atoms with Crippen LogP contribution in [-0.4, -0.2) is 10.1 Å². The maximum atomic E-state index is 12.8. The van der Waals surface area contributed by atoms with E-state index in [1.807, 2.05) is 5.38 Å². The SMILES string of the molecule is CC(O)(Cc1sccc1Cl)c1ccc(F)cn1. The molecule has 0 aliphatic carbocycles. The molecule has 5 heteroatoms. The Labute approximate surface area is 108 Å². The number of hydrogen-bond acceptors (Lipinski definition) is 3. The summed E-state index contributed by atoms with van der Waals surface area (Å²) >= 11 is 7.46. The third-order valence-electron chi connectivity index (χ3n) is 2.48. The second-order valence-corrected chi connectivity index (χ2v) is 5.41. The molecule has 2 rings (SSSR count). The Hall–Kier alpha value is -0.970. The number of nitrogens with zero attached hydrogens (tertiary/aromatic N) is 1. The van der Waals surface area contributed by atoms with Crippen LogP contribution >= 0.6 is 22.9 Å². The lowest BCUT2D eigenvalue weighted by atomic mass is 9.96. The summed E-state index contributed by atoms with van der Waals surface area (Å²) in [4.78, 5) is 4.79. The first-order chi connectivity index (χ1) is 7.99. The molecule has 0 radical (unpaired) electrons. The van der Waals surface area contributed by atoms with Crippen LogP contribution in [0.1, 0.15) is 17.5 Å². The second-order valence-electron chi connectivity index (χ2n) is 4.00. The van der Waals surface area contributed by atoms with E-state index in [-0.39, 0.29) is 0 Å². The molecule has 0 aliphatic rings. The second kappa shape index (κ2) is 4.72. The first kappa shape index (κ1) is 12.5. The zero-order chi connectivity index (χ0) is 12.5. The molecule has 0 spiro atoms. The molecule has 0 aliphatic heterocycles. The Balaban J connectivity index is 2.24. The Morgan fingerprint density at radius 1 is 1.47 bits per heavy atom. The lowest BCUT2D eigenvalue weighted by Gasteiger charge is -2.22. The van der Waals surface area contributed by atoms with Gasteiger partial charge >= 0.3 is 0 Å². The van der Waals surface area contributed by atoms with Crippen molar-refractivity contribution in [1.82, 2.24) is 4.98 Å². The summed E-state index contributed by atoms with van der Waals surface area (Å²) in [5.74, 6) is -0.418. The smallest absolute Gasteiger partial charge is 0.141 e. The van der Waals surface area contributed by atoms with Crippen molar-refractivity contribution in [2.75, 3.05) is 0 Å². The minimum atomic E-state index is -1.15. The van der Waals surface area contributed by atoms with Gasteiger partial charge in [-0.05, 0) is 30.5 Å². The van der Waals surface area contributed by atoms with Gasteiger partial charge in [0.2, 0.25) is 0 Å². The van der Waals surface area contributed by atoms with Gasteiger partial charge in [-0.15, -0.1) is 11.3 Å². The van der Waals surface area contributed by atoms with E-state index in [1.54, 1.807) is 13.0 Å². The molecule has 0 bridgehead atoms. The van der Waals surface area contributed by atoms with Gasteiger partial charge in [-0.25, -0.2) is 4.39 Å². The molecule has 0 fully saturated rings. The molecule has 1 atom stereocenters. The Kier molecular flexibility index (Phi) is 3.47. The highest BCUT2D eigenvalue weighted by Gasteiger charge is 2.26.